The van der Waals surface area contributed by atoms with Crippen molar-refractivity contribution in [1.82, 2.24) is 4.90 Å². The van der Waals surface area contributed by atoms with Crippen molar-refractivity contribution in [2.75, 3.05) is 31.7 Å². The van der Waals surface area contributed by atoms with E-state index in [0.717, 1.165) is 15.7 Å². The molecule has 146 valence electrons. The Morgan fingerprint density at radius 3 is 2.71 bits per heavy atom. The highest BCUT2D eigenvalue weighted by Gasteiger charge is 2.37. The van der Waals surface area contributed by atoms with Gasteiger partial charge < -0.3 is 19.3 Å². The van der Waals surface area contributed by atoms with Gasteiger partial charge in [-0.2, -0.15) is 0 Å². The molecule has 2 amide bonds. The zero-order valence-electron chi connectivity index (χ0n) is 15.6. The SMILES string of the molecule is CN(Cc1ccccc1Br)C(=O)C1CC(=O)N(c2ccc3c(c2)OCCO3)C1. The van der Waals surface area contributed by atoms with Crippen molar-refractivity contribution < 1.29 is 19.1 Å². The Balaban J connectivity index is 1.45. The predicted molar refractivity (Wildman–Crippen MR) is 109 cm³/mol. The molecular formula is C21H21BrN2O4. The van der Waals surface area contributed by atoms with Gasteiger partial charge in [-0.15, -0.1) is 0 Å². The number of hydrogen-bond acceptors (Lipinski definition) is 4. The van der Waals surface area contributed by atoms with Crippen LogP contribution in [-0.2, 0) is 16.1 Å². The third kappa shape index (κ3) is 3.71. The molecule has 0 aromatic heterocycles. The first-order valence-electron chi connectivity index (χ1n) is 9.21. The standard InChI is InChI=1S/C21H21BrN2O4/c1-23(12-14-4-2-3-5-17(14)22)21(26)15-10-20(25)24(13-15)16-6-7-18-19(11-16)28-9-8-27-18/h2-7,11,15H,8-10,12-13H2,1H3. The average Bonchev–Trinajstić information content (AvgIpc) is 3.10. The van der Waals surface area contributed by atoms with Crippen LogP contribution in [0.1, 0.15) is 12.0 Å². The van der Waals surface area contributed by atoms with Crippen molar-refractivity contribution in [3.05, 3.63) is 52.5 Å². The molecule has 1 saturated heterocycles. The Labute approximate surface area is 172 Å². The minimum Gasteiger partial charge on any atom is -0.486 e. The molecule has 4 rings (SSSR count). The van der Waals surface area contributed by atoms with Crippen molar-refractivity contribution in [2.45, 2.75) is 13.0 Å². The van der Waals surface area contributed by atoms with Gasteiger partial charge in [-0.05, 0) is 23.8 Å². The Morgan fingerprint density at radius 1 is 1.18 bits per heavy atom. The summed E-state index contributed by atoms with van der Waals surface area (Å²) in [5.41, 5.74) is 1.77. The fourth-order valence-corrected chi connectivity index (χ4v) is 4.00. The zero-order valence-corrected chi connectivity index (χ0v) is 17.1. The molecule has 0 N–H and O–H groups in total. The molecule has 7 heteroatoms. The van der Waals surface area contributed by atoms with Crippen LogP contribution in [0, 0.1) is 5.92 Å². The molecule has 1 fully saturated rings. The van der Waals surface area contributed by atoms with Gasteiger partial charge >= 0.3 is 0 Å². The first-order chi connectivity index (χ1) is 13.5. The molecule has 6 nitrogen and oxygen atoms in total. The maximum atomic E-state index is 12.9. The summed E-state index contributed by atoms with van der Waals surface area (Å²) in [7, 11) is 1.78. The molecule has 2 aliphatic rings. The fourth-order valence-electron chi connectivity index (χ4n) is 3.59. The predicted octanol–water partition coefficient (Wildman–Crippen LogP) is 3.23. The maximum Gasteiger partial charge on any atom is 0.228 e. The van der Waals surface area contributed by atoms with Gasteiger partial charge in [-0.25, -0.2) is 0 Å². The number of halogens is 1. The Bertz CT molecular complexity index is 917. The highest BCUT2D eigenvalue weighted by Crippen LogP contribution is 2.36. The molecule has 28 heavy (non-hydrogen) atoms. The van der Waals surface area contributed by atoms with E-state index in [1.54, 1.807) is 16.8 Å². The van der Waals surface area contributed by atoms with E-state index in [4.69, 9.17) is 9.47 Å². The van der Waals surface area contributed by atoms with Crippen molar-refractivity contribution >= 4 is 33.4 Å². The number of nitrogens with zero attached hydrogens (tertiary/aromatic N) is 2. The third-order valence-electron chi connectivity index (χ3n) is 5.05. The van der Waals surface area contributed by atoms with Crippen molar-refractivity contribution in [2.24, 2.45) is 5.92 Å². The first kappa shape index (κ1) is 18.8. The van der Waals surface area contributed by atoms with E-state index in [0.29, 0.717) is 37.8 Å². The van der Waals surface area contributed by atoms with E-state index in [9.17, 15) is 9.59 Å². The average molecular weight is 445 g/mol. The van der Waals surface area contributed by atoms with Crippen LogP contribution in [0.15, 0.2) is 46.9 Å². The van der Waals surface area contributed by atoms with Gasteiger partial charge in [0.15, 0.2) is 11.5 Å². The topological polar surface area (TPSA) is 59.1 Å². The van der Waals surface area contributed by atoms with Crippen molar-refractivity contribution in [3.8, 4) is 11.5 Å². The summed E-state index contributed by atoms with van der Waals surface area (Å²) in [4.78, 5) is 28.8. The smallest absolute Gasteiger partial charge is 0.228 e. The normalized spacial score (nSPS) is 18.3. The third-order valence-corrected chi connectivity index (χ3v) is 5.83. The molecule has 0 radical (unpaired) electrons. The minimum atomic E-state index is -0.354. The highest BCUT2D eigenvalue weighted by atomic mass is 79.9. The van der Waals surface area contributed by atoms with E-state index in [2.05, 4.69) is 15.9 Å². The fraction of sp³-hybridized carbons (Fsp3) is 0.333. The lowest BCUT2D eigenvalue weighted by molar-refractivity contribution is -0.135. The number of benzene rings is 2. The lowest BCUT2D eigenvalue weighted by atomic mass is 10.1. The summed E-state index contributed by atoms with van der Waals surface area (Å²) in [5, 5.41) is 0. The van der Waals surface area contributed by atoms with Crippen molar-refractivity contribution in [3.63, 3.8) is 0 Å². The Morgan fingerprint density at radius 2 is 1.93 bits per heavy atom. The van der Waals surface area contributed by atoms with Crippen LogP contribution in [0.4, 0.5) is 5.69 Å². The molecule has 1 unspecified atom stereocenters. The second kappa shape index (κ2) is 7.83. The second-order valence-corrected chi connectivity index (χ2v) is 7.87. The number of ether oxygens (including phenoxy) is 2. The lowest BCUT2D eigenvalue weighted by Crippen LogP contribution is -2.34. The van der Waals surface area contributed by atoms with Crippen LogP contribution in [-0.4, -0.2) is 43.5 Å². The number of carbonyl (C=O) groups excluding carboxylic acids is 2. The van der Waals surface area contributed by atoms with Gasteiger partial charge in [0.05, 0.1) is 5.92 Å². The van der Waals surface area contributed by atoms with Gasteiger partial charge in [0.25, 0.3) is 0 Å². The van der Waals surface area contributed by atoms with Crippen LogP contribution < -0.4 is 14.4 Å². The quantitative estimate of drug-likeness (QED) is 0.726. The van der Waals surface area contributed by atoms with Crippen molar-refractivity contribution in [1.29, 1.82) is 0 Å². The monoisotopic (exact) mass is 444 g/mol. The highest BCUT2D eigenvalue weighted by molar-refractivity contribution is 9.10. The summed E-state index contributed by atoms with van der Waals surface area (Å²) >= 11 is 3.51. The number of amides is 2. The minimum absolute atomic E-state index is 0.0239. The number of carbonyl (C=O) groups is 2. The second-order valence-electron chi connectivity index (χ2n) is 7.02. The molecule has 1 atom stereocenters. The van der Waals surface area contributed by atoms with Crippen LogP contribution in [0.5, 0.6) is 11.5 Å². The Kier molecular flexibility index (Phi) is 5.26. The van der Waals surface area contributed by atoms with Gasteiger partial charge in [-0.1, -0.05) is 34.1 Å². The molecular weight excluding hydrogens is 424 g/mol. The van der Waals surface area contributed by atoms with E-state index in [1.807, 2.05) is 42.5 Å². The first-order valence-corrected chi connectivity index (χ1v) is 10.0. The largest absolute Gasteiger partial charge is 0.486 e. The molecule has 0 spiro atoms. The number of rotatable bonds is 4. The van der Waals surface area contributed by atoms with Crippen LogP contribution in [0.3, 0.4) is 0 Å². The van der Waals surface area contributed by atoms with Gasteiger partial charge in [0.2, 0.25) is 11.8 Å². The van der Waals surface area contributed by atoms with Gasteiger partial charge in [0, 0.05) is 42.8 Å². The zero-order chi connectivity index (χ0) is 19.7. The van der Waals surface area contributed by atoms with E-state index in [1.165, 1.54) is 0 Å². The summed E-state index contributed by atoms with van der Waals surface area (Å²) in [6.45, 7) is 1.88. The number of fused-ring (bicyclic) bond motifs is 1. The molecule has 0 bridgehead atoms. The Hall–Kier alpha value is -2.54. The molecule has 2 aromatic carbocycles. The molecule has 2 aromatic rings. The van der Waals surface area contributed by atoms with Crippen LogP contribution in [0.2, 0.25) is 0 Å². The number of hydrogen-bond donors (Lipinski definition) is 0. The summed E-state index contributed by atoms with van der Waals surface area (Å²) in [6.07, 6.45) is 0.216. The summed E-state index contributed by atoms with van der Waals surface area (Å²) in [5.74, 6) is 0.890. The van der Waals surface area contributed by atoms with E-state index >= 15 is 0 Å². The van der Waals surface area contributed by atoms with Gasteiger partial charge in [-0.3, -0.25) is 9.59 Å². The van der Waals surface area contributed by atoms with Crippen LogP contribution in [0.25, 0.3) is 0 Å². The molecule has 0 saturated carbocycles. The lowest BCUT2D eigenvalue weighted by Gasteiger charge is -2.23. The van der Waals surface area contributed by atoms with Gasteiger partial charge in [0.1, 0.15) is 13.2 Å². The molecule has 2 aliphatic heterocycles. The summed E-state index contributed by atoms with van der Waals surface area (Å²) in [6, 6.07) is 13.3. The summed E-state index contributed by atoms with van der Waals surface area (Å²) < 4.78 is 12.1. The van der Waals surface area contributed by atoms with E-state index in [-0.39, 0.29) is 24.2 Å². The molecule has 2 heterocycles. The van der Waals surface area contributed by atoms with Crippen LogP contribution >= 0.6 is 15.9 Å². The van der Waals surface area contributed by atoms with E-state index < -0.39 is 0 Å². The molecule has 0 aliphatic carbocycles. The number of anilines is 1. The maximum absolute atomic E-state index is 12.9.